The van der Waals surface area contributed by atoms with Gasteiger partial charge < -0.3 is 10.2 Å². The van der Waals surface area contributed by atoms with Crippen molar-refractivity contribution in [3.05, 3.63) is 59.8 Å². The molecule has 2 aliphatic rings. The Morgan fingerprint density at radius 1 is 1.29 bits per heavy atom. The van der Waals surface area contributed by atoms with E-state index < -0.39 is 12.5 Å². The van der Waals surface area contributed by atoms with E-state index in [1.54, 1.807) is 11.0 Å². The van der Waals surface area contributed by atoms with Crippen molar-refractivity contribution in [1.82, 2.24) is 15.1 Å². The fourth-order valence-corrected chi connectivity index (χ4v) is 3.43. The molecule has 0 radical (unpaired) electrons. The van der Waals surface area contributed by atoms with Crippen molar-refractivity contribution >= 4 is 6.03 Å². The number of likely N-dealkylation sites (N-methyl/N-ethyl adjacent to an activating group) is 1. The maximum atomic E-state index is 12.6. The van der Waals surface area contributed by atoms with Crippen molar-refractivity contribution in [3.8, 4) is 0 Å². The molecule has 1 aliphatic carbocycles. The van der Waals surface area contributed by atoms with Crippen LogP contribution in [0.15, 0.2) is 54.3 Å². The lowest BCUT2D eigenvalue weighted by Crippen LogP contribution is -2.61. The van der Waals surface area contributed by atoms with Crippen LogP contribution in [0.4, 0.5) is 18.0 Å². The molecule has 152 valence electrons. The van der Waals surface area contributed by atoms with Gasteiger partial charge in [-0.05, 0) is 25.0 Å². The molecule has 3 rings (SSSR count). The minimum absolute atomic E-state index is 0.0615. The van der Waals surface area contributed by atoms with Crippen LogP contribution >= 0.6 is 0 Å². The number of carbonyl (C=O) groups excluding carboxylic acids is 1. The first-order chi connectivity index (χ1) is 13.3. The van der Waals surface area contributed by atoms with E-state index in [9.17, 15) is 18.0 Å². The minimum Gasteiger partial charge on any atom is -0.319 e. The Labute approximate surface area is 162 Å². The second-order valence-corrected chi connectivity index (χ2v) is 6.91. The first-order valence-electron chi connectivity index (χ1n) is 9.31. The van der Waals surface area contributed by atoms with E-state index in [2.05, 4.69) is 27.1 Å². The van der Waals surface area contributed by atoms with Crippen molar-refractivity contribution < 1.29 is 22.7 Å². The monoisotopic (exact) mass is 395 g/mol. The third-order valence-electron chi connectivity index (χ3n) is 4.83. The molecule has 1 aromatic carbocycles. The van der Waals surface area contributed by atoms with Gasteiger partial charge in [-0.15, -0.1) is 13.2 Å². The number of urea groups is 1. The largest absolute Gasteiger partial charge is 0.523 e. The highest BCUT2D eigenvalue weighted by atomic mass is 19.4. The van der Waals surface area contributed by atoms with Crippen molar-refractivity contribution in [3.63, 3.8) is 0 Å². The summed E-state index contributed by atoms with van der Waals surface area (Å²) in [6, 6.07) is 10.0. The zero-order valence-electron chi connectivity index (χ0n) is 15.7. The molecular formula is C20H24F3N3O2. The summed E-state index contributed by atoms with van der Waals surface area (Å²) in [5, 5.41) is 2.77. The van der Waals surface area contributed by atoms with E-state index in [1.165, 1.54) is 17.7 Å². The Morgan fingerprint density at radius 3 is 2.57 bits per heavy atom. The number of hydrogen-bond acceptors (Lipinski definition) is 3. The molecule has 1 unspecified atom stereocenters. The second-order valence-electron chi connectivity index (χ2n) is 6.91. The first kappa shape index (κ1) is 20.4. The van der Waals surface area contributed by atoms with Crippen molar-refractivity contribution in [1.29, 1.82) is 0 Å². The molecule has 5 nitrogen and oxygen atoms in total. The average Bonchev–Trinajstić information content (AvgIpc) is 2.61. The Morgan fingerprint density at radius 2 is 2.00 bits per heavy atom. The predicted molar refractivity (Wildman–Crippen MR) is 99.2 cm³/mol. The summed E-state index contributed by atoms with van der Waals surface area (Å²) < 4.78 is 40.7. The van der Waals surface area contributed by atoms with Gasteiger partial charge in [-0.2, -0.15) is 0 Å². The highest BCUT2D eigenvalue weighted by Crippen LogP contribution is 2.24. The number of likely N-dealkylation sites (tertiary alicyclic amines) is 1. The van der Waals surface area contributed by atoms with E-state index in [0.717, 1.165) is 19.6 Å². The van der Waals surface area contributed by atoms with Gasteiger partial charge in [-0.25, -0.2) is 4.79 Å². The topological polar surface area (TPSA) is 44.8 Å². The fraction of sp³-hybridized carbons (Fsp3) is 0.450. The zero-order valence-corrected chi connectivity index (χ0v) is 15.7. The number of nitrogens with one attached hydrogen (secondary N) is 1. The van der Waals surface area contributed by atoms with E-state index in [1.807, 2.05) is 25.1 Å². The average molecular weight is 395 g/mol. The predicted octanol–water partition coefficient (Wildman–Crippen LogP) is 3.65. The van der Waals surface area contributed by atoms with Gasteiger partial charge >= 0.3 is 12.4 Å². The number of rotatable bonds is 6. The van der Waals surface area contributed by atoms with Gasteiger partial charge in [0.1, 0.15) is 0 Å². The van der Waals surface area contributed by atoms with Crippen LogP contribution in [-0.4, -0.2) is 54.0 Å². The smallest absolute Gasteiger partial charge is 0.319 e. The molecule has 2 amide bonds. The molecule has 0 bridgehead atoms. The van der Waals surface area contributed by atoms with Gasteiger partial charge in [0.15, 0.2) is 0 Å². The number of hydrogen-bond donors (Lipinski definition) is 1. The second kappa shape index (κ2) is 8.79. The molecule has 0 saturated carbocycles. The van der Waals surface area contributed by atoms with Gasteiger partial charge in [0.2, 0.25) is 0 Å². The van der Waals surface area contributed by atoms with Crippen LogP contribution in [0.5, 0.6) is 0 Å². The van der Waals surface area contributed by atoms with Gasteiger partial charge in [0.25, 0.3) is 0 Å². The van der Waals surface area contributed by atoms with E-state index in [0.29, 0.717) is 12.2 Å². The summed E-state index contributed by atoms with van der Waals surface area (Å²) in [5.74, 6) is 0. The van der Waals surface area contributed by atoms with Crippen LogP contribution in [0.3, 0.4) is 0 Å². The summed E-state index contributed by atoms with van der Waals surface area (Å²) >= 11 is 0. The van der Waals surface area contributed by atoms with Crippen LogP contribution in [0.2, 0.25) is 0 Å². The van der Waals surface area contributed by atoms with Crippen molar-refractivity contribution in [2.75, 3.05) is 19.6 Å². The lowest BCUT2D eigenvalue weighted by molar-refractivity contribution is -0.336. The lowest BCUT2D eigenvalue weighted by Gasteiger charge is -2.45. The van der Waals surface area contributed by atoms with E-state index >= 15 is 0 Å². The summed E-state index contributed by atoms with van der Waals surface area (Å²) in [6.45, 7) is 4.92. The molecule has 1 heterocycles. The Kier molecular flexibility index (Phi) is 6.41. The van der Waals surface area contributed by atoms with Crippen LogP contribution in [0.1, 0.15) is 18.9 Å². The molecule has 0 aromatic heterocycles. The maximum Gasteiger partial charge on any atom is 0.523 e. The third-order valence-corrected chi connectivity index (χ3v) is 4.83. The van der Waals surface area contributed by atoms with Crippen LogP contribution in [0, 0.1) is 0 Å². The van der Waals surface area contributed by atoms with Crippen molar-refractivity contribution in [2.24, 2.45) is 0 Å². The Balaban J connectivity index is 1.45. The van der Waals surface area contributed by atoms with E-state index in [4.69, 9.17) is 0 Å². The molecule has 1 atom stereocenters. The molecule has 1 aromatic rings. The van der Waals surface area contributed by atoms with Gasteiger partial charge in [0, 0.05) is 31.9 Å². The highest BCUT2D eigenvalue weighted by molar-refractivity contribution is 5.77. The van der Waals surface area contributed by atoms with Crippen molar-refractivity contribution in [2.45, 2.75) is 38.4 Å². The molecule has 1 fully saturated rings. The van der Waals surface area contributed by atoms with Crippen LogP contribution in [-0.2, 0) is 11.3 Å². The van der Waals surface area contributed by atoms with Crippen LogP contribution in [0.25, 0.3) is 0 Å². The van der Waals surface area contributed by atoms with Gasteiger partial charge in [0.05, 0.1) is 12.1 Å². The summed E-state index contributed by atoms with van der Waals surface area (Å²) in [4.78, 5) is 16.6. The standard InChI is InChI=1S/C20H24F3N3O2/c1-2-26(17-13-25(14-17)12-15-6-4-3-5-7-15)19(27)24-16-8-10-18(11-9-16)28-20(21,22)23/h3-10,17-18H,2,11-14H2,1H3,(H,24,27). The zero-order chi connectivity index (χ0) is 20.1. The number of halogens is 3. The number of benzene rings is 1. The number of alkyl halides is 3. The molecule has 1 aliphatic heterocycles. The fourth-order valence-electron chi connectivity index (χ4n) is 3.43. The molecule has 1 saturated heterocycles. The maximum absolute atomic E-state index is 12.6. The Bertz CT molecular complexity index is 728. The summed E-state index contributed by atoms with van der Waals surface area (Å²) in [5.41, 5.74) is 1.73. The molecule has 28 heavy (non-hydrogen) atoms. The first-order valence-corrected chi connectivity index (χ1v) is 9.31. The summed E-state index contributed by atoms with van der Waals surface area (Å²) in [7, 11) is 0. The number of nitrogens with zero attached hydrogens (tertiary/aromatic N) is 2. The van der Waals surface area contributed by atoms with E-state index in [-0.39, 0.29) is 18.5 Å². The van der Waals surface area contributed by atoms with Gasteiger partial charge in [-0.1, -0.05) is 42.5 Å². The Hall–Kier alpha value is -2.32. The molecule has 8 heteroatoms. The van der Waals surface area contributed by atoms with Crippen LogP contribution < -0.4 is 5.32 Å². The number of carbonyl (C=O) groups is 1. The molecular weight excluding hydrogens is 371 g/mol. The number of ether oxygens (including phenoxy) is 1. The normalized spacial score (nSPS) is 20.4. The highest BCUT2D eigenvalue weighted by Gasteiger charge is 2.35. The lowest BCUT2D eigenvalue weighted by atomic mass is 10.1. The quantitative estimate of drug-likeness (QED) is 0.800. The summed E-state index contributed by atoms with van der Waals surface area (Å²) in [6.07, 6.45) is -1.35. The SMILES string of the molecule is CCN(C(=O)NC1=CCC(OC(F)(F)F)C=C1)C1CN(Cc2ccccc2)C1. The number of allylic oxidation sites excluding steroid dienone is 1. The number of amides is 2. The third kappa shape index (κ3) is 5.59. The van der Waals surface area contributed by atoms with Gasteiger partial charge in [-0.3, -0.25) is 9.64 Å². The molecule has 1 N–H and O–H groups in total. The minimum atomic E-state index is -4.67. The molecule has 0 spiro atoms.